The predicted octanol–water partition coefficient (Wildman–Crippen LogP) is 2.86. The second-order valence-corrected chi connectivity index (χ2v) is 5.55. The smallest absolute Gasteiger partial charge is 0.122 e. The number of imidazole rings is 1. The van der Waals surface area contributed by atoms with Crippen LogP contribution in [-0.4, -0.2) is 28.0 Å². The Labute approximate surface area is 129 Å². The highest BCUT2D eigenvalue weighted by molar-refractivity contribution is 6.42. The molecule has 1 heterocycles. The van der Waals surface area contributed by atoms with Crippen molar-refractivity contribution in [2.45, 2.75) is 12.6 Å². The second-order valence-electron chi connectivity index (χ2n) is 4.76. The number of hydrogen-bond acceptors (Lipinski definition) is 3. The average Bonchev–Trinajstić information content (AvgIpc) is 2.81. The van der Waals surface area contributed by atoms with E-state index in [1.807, 2.05) is 37.0 Å². The van der Waals surface area contributed by atoms with Crippen molar-refractivity contribution < 1.29 is 0 Å². The van der Waals surface area contributed by atoms with Gasteiger partial charge in [0.15, 0.2) is 0 Å². The largest absolute Gasteiger partial charge is 0.337 e. The van der Waals surface area contributed by atoms with Crippen LogP contribution in [0.5, 0.6) is 0 Å². The van der Waals surface area contributed by atoms with Crippen molar-refractivity contribution >= 4 is 23.2 Å². The first kappa shape index (κ1) is 15.3. The van der Waals surface area contributed by atoms with Gasteiger partial charge >= 0.3 is 0 Å². The highest BCUT2D eigenvalue weighted by Crippen LogP contribution is 2.32. The van der Waals surface area contributed by atoms with Gasteiger partial charge in [-0.15, -0.1) is 0 Å². The van der Waals surface area contributed by atoms with Crippen LogP contribution in [0.2, 0.25) is 10.0 Å². The Balaban J connectivity index is 2.23. The Morgan fingerprint density at radius 2 is 2.15 bits per heavy atom. The van der Waals surface area contributed by atoms with Crippen LogP contribution in [0, 0.1) is 0 Å². The summed E-state index contributed by atoms with van der Waals surface area (Å²) in [6.07, 6.45) is 3.71. The van der Waals surface area contributed by atoms with Crippen molar-refractivity contribution in [3.8, 4) is 0 Å². The first-order chi connectivity index (χ1) is 9.54. The predicted molar refractivity (Wildman–Crippen MR) is 82.9 cm³/mol. The molecule has 108 valence electrons. The van der Waals surface area contributed by atoms with Crippen molar-refractivity contribution in [1.29, 1.82) is 0 Å². The highest BCUT2D eigenvalue weighted by atomic mass is 35.5. The zero-order valence-corrected chi connectivity index (χ0v) is 13.1. The standard InChI is InChI=1S/C14H18Cl2N4/c1-19-7-6-18-13(19)9-20(2)12(8-17)10-4-3-5-11(15)14(10)16/h3-7,12H,8-9,17H2,1-2H3. The highest BCUT2D eigenvalue weighted by Gasteiger charge is 2.20. The average molecular weight is 313 g/mol. The third kappa shape index (κ3) is 3.15. The normalized spacial score (nSPS) is 12.9. The van der Waals surface area contributed by atoms with E-state index in [-0.39, 0.29) is 6.04 Å². The first-order valence-corrected chi connectivity index (χ1v) is 7.10. The molecule has 2 N–H and O–H groups in total. The Morgan fingerprint density at radius 1 is 1.40 bits per heavy atom. The monoisotopic (exact) mass is 312 g/mol. The Bertz CT molecular complexity index is 582. The lowest BCUT2D eigenvalue weighted by Crippen LogP contribution is -2.31. The molecule has 0 aliphatic carbocycles. The summed E-state index contributed by atoms with van der Waals surface area (Å²) in [4.78, 5) is 6.45. The van der Waals surface area contributed by atoms with Crippen molar-refractivity contribution in [2.24, 2.45) is 12.8 Å². The van der Waals surface area contributed by atoms with E-state index in [0.29, 0.717) is 23.1 Å². The van der Waals surface area contributed by atoms with E-state index in [9.17, 15) is 0 Å². The Hall–Kier alpha value is -1.07. The van der Waals surface area contributed by atoms with Gasteiger partial charge in [0.1, 0.15) is 5.82 Å². The molecule has 1 unspecified atom stereocenters. The molecule has 1 atom stereocenters. The molecule has 0 bridgehead atoms. The fourth-order valence-corrected chi connectivity index (χ4v) is 2.64. The van der Waals surface area contributed by atoms with Gasteiger partial charge in [0.05, 0.1) is 16.6 Å². The molecule has 2 rings (SSSR count). The van der Waals surface area contributed by atoms with Crippen LogP contribution in [0.4, 0.5) is 0 Å². The molecule has 0 saturated heterocycles. The number of nitrogens with zero attached hydrogens (tertiary/aromatic N) is 3. The number of aromatic nitrogens is 2. The summed E-state index contributed by atoms with van der Waals surface area (Å²) in [5.74, 6) is 0.976. The minimum absolute atomic E-state index is 0.00194. The summed E-state index contributed by atoms with van der Waals surface area (Å²) in [6, 6.07) is 5.62. The summed E-state index contributed by atoms with van der Waals surface area (Å²) < 4.78 is 1.99. The lowest BCUT2D eigenvalue weighted by atomic mass is 10.1. The van der Waals surface area contributed by atoms with E-state index in [1.54, 1.807) is 12.3 Å². The summed E-state index contributed by atoms with van der Waals surface area (Å²) in [7, 11) is 3.98. The van der Waals surface area contributed by atoms with Crippen LogP contribution in [0.3, 0.4) is 0 Å². The molecule has 0 aliphatic rings. The number of likely N-dealkylation sites (N-methyl/N-ethyl adjacent to an activating group) is 1. The van der Waals surface area contributed by atoms with E-state index in [2.05, 4.69) is 9.88 Å². The van der Waals surface area contributed by atoms with Gasteiger partial charge in [-0.2, -0.15) is 0 Å². The number of benzene rings is 1. The molecule has 0 amide bonds. The molecule has 0 fully saturated rings. The summed E-state index contributed by atoms with van der Waals surface area (Å²) in [6.45, 7) is 1.15. The van der Waals surface area contributed by atoms with Gasteiger partial charge in [0, 0.05) is 32.0 Å². The molecule has 0 radical (unpaired) electrons. The van der Waals surface area contributed by atoms with Gasteiger partial charge < -0.3 is 10.3 Å². The van der Waals surface area contributed by atoms with Gasteiger partial charge in [-0.3, -0.25) is 4.90 Å². The maximum absolute atomic E-state index is 6.29. The summed E-state index contributed by atoms with van der Waals surface area (Å²) in [5, 5.41) is 1.12. The van der Waals surface area contributed by atoms with Gasteiger partial charge in [0.2, 0.25) is 0 Å². The molecule has 0 spiro atoms. The topological polar surface area (TPSA) is 47.1 Å². The molecule has 2 aromatic rings. The molecule has 0 saturated carbocycles. The summed E-state index contributed by atoms with van der Waals surface area (Å²) >= 11 is 12.4. The van der Waals surface area contributed by atoms with E-state index in [4.69, 9.17) is 28.9 Å². The fraction of sp³-hybridized carbons (Fsp3) is 0.357. The SMILES string of the molecule is CN(Cc1nccn1C)C(CN)c1cccc(Cl)c1Cl. The van der Waals surface area contributed by atoms with E-state index in [1.165, 1.54) is 0 Å². The number of nitrogens with two attached hydrogens (primary N) is 1. The molecule has 20 heavy (non-hydrogen) atoms. The maximum atomic E-state index is 6.29. The zero-order valence-electron chi connectivity index (χ0n) is 11.6. The quantitative estimate of drug-likeness (QED) is 0.923. The first-order valence-electron chi connectivity index (χ1n) is 6.35. The van der Waals surface area contributed by atoms with Crippen LogP contribution in [0.1, 0.15) is 17.4 Å². The van der Waals surface area contributed by atoms with Gasteiger partial charge in [-0.05, 0) is 18.7 Å². The van der Waals surface area contributed by atoms with E-state index in [0.717, 1.165) is 11.4 Å². The van der Waals surface area contributed by atoms with Crippen molar-refractivity contribution in [2.75, 3.05) is 13.6 Å². The number of aryl methyl sites for hydroxylation is 1. The van der Waals surface area contributed by atoms with Crippen LogP contribution in [0.25, 0.3) is 0 Å². The van der Waals surface area contributed by atoms with E-state index >= 15 is 0 Å². The van der Waals surface area contributed by atoms with Crippen LogP contribution >= 0.6 is 23.2 Å². The van der Waals surface area contributed by atoms with Crippen LogP contribution in [-0.2, 0) is 13.6 Å². The third-order valence-corrected chi connectivity index (χ3v) is 4.24. The van der Waals surface area contributed by atoms with Gasteiger partial charge in [0.25, 0.3) is 0 Å². The third-order valence-electron chi connectivity index (χ3n) is 3.41. The molecular formula is C14H18Cl2N4. The maximum Gasteiger partial charge on any atom is 0.122 e. The minimum atomic E-state index is -0.00194. The van der Waals surface area contributed by atoms with Crippen molar-refractivity contribution in [3.05, 3.63) is 52.0 Å². The molecule has 1 aromatic heterocycles. The van der Waals surface area contributed by atoms with Crippen molar-refractivity contribution in [3.63, 3.8) is 0 Å². The number of rotatable bonds is 5. The lowest BCUT2D eigenvalue weighted by molar-refractivity contribution is 0.234. The Kier molecular flexibility index (Phi) is 5.05. The molecule has 1 aromatic carbocycles. The minimum Gasteiger partial charge on any atom is -0.337 e. The second kappa shape index (κ2) is 6.59. The van der Waals surface area contributed by atoms with Crippen LogP contribution < -0.4 is 5.73 Å². The lowest BCUT2D eigenvalue weighted by Gasteiger charge is -2.28. The fourth-order valence-electron chi connectivity index (χ4n) is 2.20. The molecule has 0 aliphatic heterocycles. The Morgan fingerprint density at radius 3 is 2.75 bits per heavy atom. The summed E-state index contributed by atoms with van der Waals surface area (Å²) in [5.41, 5.74) is 6.86. The zero-order chi connectivity index (χ0) is 14.7. The molecular weight excluding hydrogens is 295 g/mol. The van der Waals surface area contributed by atoms with E-state index < -0.39 is 0 Å². The van der Waals surface area contributed by atoms with Crippen LogP contribution in [0.15, 0.2) is 30.6 Å². The molecule has 6 heteroatoms. The van der Waals surface area contributed by atoms with Crippen molar-refractivity contribution in [1.82, 2.24) is 14.5 Å². The van der Waals surface area contributed by atoms with Gasteiger partial charge in [-0.1, -0.05) is 35.3 Å². The van der Waals surface area contributed by atoms with Gasteiger partial charge in [-0.25, -0.2) is 4.98 Å². The number of halogens is 2. The molecule has 4 nitrogen and oxygen atoms in total. The number of hydrogen-bond donors (Lipinski definition) is 1.